The fraction of sp³-hybridized carbons (Fsp3) is 0.333. The third-order valence-electron chi connectivity index (χ3n) is 1.86. The molecule has 0 spiro atoms. The monoisotopic (exact) mass is 283 g/mol. The Kier molecular flexibility index (Phi) is 3.62. The highest BCUT2D eigenvalue weighted by Crippen LogP contribution is 2.38. The van der Waals surface area contributed by atoms with Crippen LogP contribution in [0.3, 0.4) is 0 Å². The van der Waals surface area contributed by atoms with E-state index in [9.17, 15) is 13.2 Å². The number of rotatable bonds is 2. The molecule has 1 aromatic rings. The van der Waals surface area contributed by atoms with E-state index < -0.39 is 12.3 Å². The molecule has 0 aliphatic carbocycles. The van der Waals surface area contributed by atoms with Gasteiger partial charge in [-0.25, -0.2) is 0 Å². The highest BCUT2D eigenvalue weighted by Gasteiger charge is 2.42. The Labute approximate surface area is 93.3 Å². The smallest absolute Gasteiger partial charge is 0.398 e. The van der Waals surface area contributed by atoms with E-state index in [1.807, 2.05) is 0 Å². The lowest BCUT2D eigenvalue weighted by Crippen LogP contribution is -2.23. The molecule has 0 aliphatic heterocycles. The minimum absolute atomic E-state index is 0.0496. The predicted molar refractivity (Wildman–Crippen MR) is 54.4 cm³/mol. The second-order valence-electron chi connectivity index (χ2n) is 2.93. The van der Waals surface area contributed by atoms with Crippen molar-refractivity contribution in [3.8, 4) is 0 Å². The van der Waals surface area contributed by atoms with Gasteiger partial charge in [-0.15, -0.1) is 0 Å². The Bertz CT molecular complexity index is 354. The average Bonchev–Trinajstić information content (AvgIpc) is 2.07. The zero-order valence-corrected chi connectivity index (χ0v) is 9.39. The van der Waals surface area contributed by atoms with Crippen molar-refractivity contribution in [2.24, 2.45) is 0 Å². The molecule has 0 heterocycles. The van der Waals surface area contributed by atoms with Crippen LogP contribution in [0.4, 0.5) is 18.9 Å². The van der Waals surface area contributed by atoms with Gasteiger partial charge in [0.05, 0.1) is 0 Å². The van der Waals surface area contributed by atoms with Crippen molar-refractivity contribution < 1.29 is 17.9 Å². The van der Waals surface area contributed by atoms with E-state index in [1.54, 1.807) is 0 Å². The van der Waals surface area contributed by atoms with Crippen LogP contribution in [-0.4, -0.2) is 13.3 Å². The molecule has 0 fully saturated rings. The van der Waals surface area contributed by atoms with Crippen LogP contribution in [-0.2, 0) is 4.74 Å². The predicted octanol–water partition coefficient (Wildman–Crippen LogP) is 3.28. The minimum atomic E-state index is -4.46. The van der Waals surface area contributed by atoms with Gasteiger partial charge in [0, 0.05) is 22.8 Å². The summed E-state index contributed by atoms with van der Waals surface area (Å²) in [6.07, 6.45) is -6.44. The van der Waals surface area contributed by atoms with Crippen LogP contribution >= 0.6 is 15.9 Å². The maximum atomic E-state index is 12.5. The summed E-state index contributed by atoms with van der Waals surface area (Å²) in [6, 6.07) is 4.19. The zero-order valence-electron chi connectivity index (χ0n) is 7.81. The molecule has 0 amide bonds. The molecule has 0 aromatic heterocycles. The van der Waals surface area contributed by atoms with Crippen molar-refractivity contribution >= 4 is 21.6 Å². The van der Waals surface area contributed by atoms with Crippen molar-refractivity contribution in [1.29, 1.82) is 0 Å². The van der Waals surface area contributed by atoms with Gasteiger partial charge in [-0.3, -0.25) is 0 Å². The van der Waals surface area contributed by atoms with Gasteiger partial charge in [-0.05, 0) is 12.1 Å². The summed E-state index contributed by atoms with van der Waals surface area (Å²) in [4.78, 5) is 0. The maximum absolute atomic E-state index is 12.5. The van der Waals surface area contributed by atoms with Crippen LogP contribution in [0, 0.1) is 0 Å². The van der Waals surface area contributed by atoms with E-state index in [0.29, 0.717) is 4.47 Å². The molecule has 0 saturated heterocycles. The first-order valence-corrected chi connectivity index (χ1v) is 4.80. The van der Waals surface area contributed by atoms with Gasteiger partial charge in [0.1, 0.15) is 0 Å². The van der Waals surface area contributed by atoms with Gasteiger partial charge in [0.2, 0.25) is 0 Å². The SMILES string of the molecule is COC(c1ccc(Br)cc1N)C(F)(F)F. The normalized spacial score (nSPS) is 13.9. The van der Waals surface area contributed by atoms with Crippen molar-refractivity contribution in [1.82, 2.24) is 0 Å². The number of nitrogen functional groups attached to an aromatic ring is 1. The van der Waals surface area contributed by atoms with Crippen molar-refractivity contribution in [2.45, 2.75) is 12.3 Å². The molecular weight excluding hydrogens is 275 g/mol. The fourth-order valence-corrected chi connectivity index (χ4v) is 1.60. The molecular formula is C9H9BrF3NO. The van der Waals surface area contributed by atoms with Gasteiger partial charge >= 0.3 is 6.18 Å². The van der Waals surface area contributed by atoms with Crippen LogP contribution in [0.2, 0.25) is 0 Å². The standard InChI is InChI=1S/C9H9BrF3NO/c1-15-8(9(11,12)13)6-3-2-5(10)4-7(6)14/h2-4,8H,14H2,1H3. The topological polar surface area (TPSA) is 35.2 Å². The van der Waals surface area contributed by atoms with E-state index in [1.165, 1.54) is 18.2 Å². The molecule has 0 radical (unpaired) electrons. The quantitative estimate of drug-likeness (QED) is 0.846. The molecule has 1 unspecified atom stereocenters. The van der Waals surface area contributed by atoms with Crippen LogP contribution in [0.25, 0.3) is 0 Å². The number of anilines is 1. The number of benzene rings is 1. The number of ether oxygens (including phenoxy) is 1. The van der Waals surface area contributed by atoms with Gasteiger partial charge in [0.25, 0.3) is 0 Å². The van der Waals surface area contributed by atoms with Gasteiger partial charge in [0.15, 0.2) is 6.10 Å². The zero-order chi connectivity index (χ0) is 11.6. The second-order valence-corrected chi connectivity index (χ2v) is 3.85. The Morgan fingerprint density at radius 3 is 2.40 bits per heavy atom. The van der Waals surface area contributed by atoms with E-state index in [4.69, 9.17) is 5.73 Å². The Morgan fingerprint density at radius 2 is 2.00 bits per heavy atom. The Morgan fingerprint density at radius 1 is 1.40 bits per heavy atom. The van der Waals surface area contributed by atoms with Gasteiger partial charge in [-0.1, -0.05) is 22.0 Å². The third kappa shape index (κ3) is 2.85. The van der Waals surface area contributed by atoms with E-state index in [0.717, 1.165) is 7.11 Å². The van der Waals surface area contributed by atoms with Crippen molar-refractivity contribution in [2.75, 3.05) is 12.8 Å². The highest BCUT2D eigenvalue weighted by molar-refractivity contribution is 9.10. The van der Waals surface area contributed by atoms with E-state index >= 15 is 0 Å². The Hall–Kier alpha value is -0.750. The first-order valence-electron chi connectivity index (χ1n) is 4.00. The average molecular weight is 284 g/mol. The minimum Gasteiger partial charge on any atom is -0.398 e. The molecule has 0 bridgehead atoms. The van der Waals surface area contributed by atoms with Crippen LogP contribution in [0.1, 0.15) is 11.7 Å². The molecule has 0 saturated carbocycles. The molecule has 0 aliphatic rings. The molecule has 2 N–H and O–H groups in total. The summed E-state index contributed by atoms with van der Waals surface area (Å²) in [5, 5.41) is 0. The third-order valence-corrected chi connectivity index (χ3v) is 2.36. The number of hydrogen-bond donors (Lipinski definition) is 1. The molecule has 2 nitrogen and oxygen atoms in total. The van der Waals surface area contributed by atoms with Crippen LogP contribution < -0.4 is 5.73 Å². The van der Waals surface area contributed by atoms with Crippen LogP contribution in [0.15, 0.2) is 22.7 Å². The maximum Gasteiger partial charge on any atom is 0.418 e. The van der Waals surface area contributed by atoms with E-state index in [-0.39, 0.29) is 11.3 Å². The number of nitrogens with two attached hydrogens (primary N) is 1. The highest BCUT2D eigenvalue weighted by atomic mass is 79.9. The first-order chi connectivity index (χ1) is 6.86. The summed E-state index contributed by atoms with van der Waals surface area (Å²) >= 11 is 3.12. The summed E-state index contributed by atoms with van der Waals surface area (Å²) in [5.74, 6) is 0. The molecule has 84 valence electrons. The van der Waals surface area contributed by atoms with Crippen molar-refractivity contribution in [3.05, 3.63) is 28.2 Å². The lowest BCUT2D eigenvalue weighted by molar-refractivity contribution is -0.215. The lowest BCUT2D eigenvalue weighted by atomic mass is 10.1. The molecule has 1 aromatic carbocycles. The number of methoxy groups -OCH3 is 1. The Balaban J connectivity index is 3.13. The summed E-state index contributed by atoms with van der Waals surface area (Å²) in [7, 11) is 1.000. The summed E-state index contributed by atoms with van der Waals surface area (Å²) < 4.78 is 42.5. The molecule has 1 rings (SSSR count). The molecule has 1 atom stereocenters. The molecule has 15 heavy (non-hydrogen) atoms. The lowest BCUT2D eigenvalue weighted by Gasteiger charge is -2.20. The second kappa shape index (κ2) is 4.40. The summed E-state index contributed by atoms with van der Waals surface area (Å²) in [6.45, 7) is 0. The fourth-order valence-electron chi connectivity index (χ4n) is 1.22. The largest absolute Gasteiger partial charge is 0.418 e. The van der Waals surface area contributed by atoms with Gasteiger partial charge < -0.3 is 10.5 Å². The number of halogens is 4. The van der Waals surface area contributed by atoms with Gasteiger partial charge in [-0.2, -0.15) is 13.2 Å². The first kappa shape index (κ1) is 12.3. The summed E-state index contributed by atoms with van der Waals surface area (Å²) in [5.41, 5.74) is 5.46. The number of hydrogen-bond acceptors (Lipinski definition) is 2. The van der Waals surface area contributed by atoms with Crippen molar-refractivity contribution in [3.63, 3.8) is 0 Å². The number of alkyl halides is 3. The van der Waals surface area contributed by atoms with Crippen LogP contribution in [0.5, 0.6) is 0 Å². The molecule has 6 heteroatoms. The van der Waals surface area contributed by atoms with E-state index in [2.05, 4.69) is 20.7 Å².